The minimum atomic E-state index is 0.459. The van der Waals surface area contributed by atoms with Gasteiger partial charge in [0.05, 0.1) is 0 Å². The van der Waals surface area contributed by atoms with E-state index in [9.17, 15) is 0 Å². The summed E-state index contributed by atoms with van der Waals surface area (Å²) in [6.07, 6.45) is 4.99. The maximum absolute atomic E-state index is 3.59. The van der Waals surface area contributed by atoms with Crippen molar-refractivity contribution in [3.8, 4) is 0 Å². The van der Waals surface area contributed by atoms with Crippen molar-refractivity contribution >= 4 is 5.69 Å². The average molecular weight is 288 g/mol. The fraction of sp³-hybridized carbons (Fsp3) is 0.684. The first-order valence-corrected chi connectivity index (χ1v) is 8.76. The van der Waals surface area contributed by atoms with Gasteiger partial charge in [-0.25, -0.2) is 0 Å². The number of nitrogens with one attached hydrogen (secondary N) is 1. The Morgan fingerprint density at radius 1 is 1.24 bits per heavy atom. The molecule has 0 fully saturated rings. The van der Waals surface area contributed by atoms with Crippen LogP contribution in [-0.2, 0) is 6.42 Å². The zero-order chi connectivity index (χ0) is 15.2. The van der Waals surface area contributed by atoms with Crippen molar-refractivity contribution in [2.45, 2.75) is 59.4 Å². The van der Waals surface area contributed by atoms with E-state index in [0.29, 0.717) is 6.04 Å². The highest BCUT2D eigenvalue weighted by molar-refractivity contribution is 5.57. The monoisotopic (exact) mass is 288 g/mol. The molecule has 1 aliphatic heterocycles. The Kier molecular flexibility index (Phi) is 6.10. The SMILES string of the molecule is CCCNC(C)c1ccc2c(c1)CCCN2CC(C)CC. The molecule has 1 N–H and O–H groups in total. The number of rotatable bonds is 7. The Morgan fingerprint density at radius 2 is 2.05 bits per heavy atom. The van der Waals surface area contributed by atoms with Gasteiger partial charge in [0.25, 0.3) is 0 Å². The van der Waals surface area contributed by atoms with Crippen molar-refractivity contribution in [2.75, 3.05) is 24.5 Å². The lowest BCUT2D eigenvalue weighted by Crippen LogP contribution is -2.33. The summed E-state index contributed by atoms with van der Waals surface area (Å²) in [5.74, 6) is 0.778. The van der Waals surface area contributed by atoms with Crippen LogP contribution >= 0.6 is 0 Å². The number of aryl methyl sites for hydroxylation is 1. The van der Waals surface area contributed by atoms with Gasteiger partial charge in [-0.1, -0.05) is 39.3 Å². The third-order valence-electron chi connectivity index (χ3n) is 4.75. The quantitative estimate of drug-likeness (QED) is 0.792. The fourth-order valence-corrected chi connectivity index (χ4v) is 3.14. The van der Waals surface area contributed by atoms with Crippen LogP contribution in [0, 0.1) is 5.92 Å². The first kappa shape index (κ1) is 16.4. The number of fused-ring (bicyclic) bond motifs is 1. The summed E-state index contributed by atoms with van der Waals surface area (Å²) in [6, 6.07) is 7.57. The van der Waals surface area contributed by atoms with Crippen LogP contribution in [-0.4, -0.2) is 19.6 Å². The van der Waals surface area contributed by atoms with Crippen LogP contribution in [0.4, 0.5) is 5.69 Å². The molecule has 1 heterocycles. The smallest absolute Gasteiger partial charge is 0.0399 e. The Balaban J connectivity index is 2.12. The zero-order valence-electron chi connectivity index (χ0n) is 14.3. The largest absolute Gasteiger partial charge is 0.371 e. The van der Waals surface area contributed by atoms with Gasteiger partial charge >= 0.3 is 0 Å². The molecule has 0 amide bonds. The van der Waals surface area contributed by atoms with Gasteiger partial charge in [0.15, 0.2) is 0 Å². The molecule has 0 saturated carbocycles. The standard InChI is InChI=1S/C19H32N2/c1-5-11-20-16(4)17-9-10-19-18(13-17)8-7-12-21(19)14-15(3)6-2/h9-10,13,15-16,20H,5-8,11-12,14H2,1-4H3. The van der Waals surface area contributed by atoms with E-state index in [1.807, 2.05) is 0 Å². The topological polar surface area (TPSA) is 15.3 Å². The van der Waals surface area contributed by atoms with Crippen LogP contribution in [0.3, 0.4) is 0 Å². The minimum absolute atomic E-state index is 0.459. The predicted molar refractivity (Wildman–Crippen MR) is 93.1 cm³/mol. The minimum Gasteiger partial charge on any atom is -0.371 e. The molecule has 0 spiro atoms. The molecule has 2 unspecified atom stereocenters. The lowest BCUT2D eigenvalue weighted by Gasteiger charge is -2.34. The molecule has 0 radical (unpaired) electrons. The van der Waals surface area contributed by atoms with E-state index in [0.717, 1.165) is 12.5 Å². The van der Waals surface area contributed by atoms with Crippen molar-refractivity contribution in [2.24, 2.45) is 5.92 Å². The third-order valence-corrected chi connectivity index (χ3v) is 4.75. The van der Waals surface area contributed by atoms with E-state index in [1.165, 1.54) is 50.0 Å². The van der Waals surface area contributed by atoms with E-state index in [1.54, 1.807) is 5.56 Å². The third kappa shape index (κ3) is 4.23. The number of benzene rings is 1. The van der Waals surface area contributed by atoms with Crippen LogP contribution in [0.2, 0.25) is 0 Å². The molecule has 2 nitrogen and oxygen atoms in total. The van der Waals surface area contributed by atoms with E-state index < -0.39 is 0 Å². The molecule has 2 rings (SSSR count). The lowest BCUT2D eigenvalue weighted by molar-refractivity contribution is 0.529. The number of hydrogen-bond acceptors (Lipinski definition) is 2. The lowest BCUT2D eigenvalue weighted by atomic mass is 9.95. The van der Waals surface area contributed by atoms with E-state index in [-0.39, 0.29) is 0 Å². The molecule has 0 saturated heterocycles. The first-order valence-electron chi connectivity index (χ1n) is 8.76. The van der Waals surface area contributed by atoms with E-state index >= 15 is 0 Å². The van der Waals surface area contributed by atoms with Gasteiger partial charge in [-0.05, 0) is 55.8 Å². The van der Waals surface area contributed by atoms with Gasteiger partial charge in [0.2, 0.25) is 0 Å². The van der Waals surface area contributed by atoms with Gasteiger partial charge in [-0.3, -0.25) is 0 Å². The Hall–Kier alpha value is -1.02. The molecular weight excluding hydrogens is 256 g/mol. The fourth-order valence-electron chi connectivity index (χ4n) is 3.14. The van der Waals surface area contributed by atoms with Crippen molar-refractivity contribution in [1.82, 2.24) is 5.32 Å². The number of nitrogens with zero attached hydrogens (tertiary/aromatic N) is 1. The molecule has 1 aliphatic rings. The summed E-state index contributed by atoms with van der Waals surface area (Å²) in [5.41, 5.74) is 4.47. The summed E-state index contributed by atoms with van der Waals surface area (Å²) in [6.45, 7) is 12.7. The Bertz CT molecular complexity index is 441. The Labute approximate surface area is 130 Å². The van der Waals surface area contributed by atoms with Gasteiger partial charge in [0, 0.05) is 24.8 Å². The van der Waals surface area contributed by atoms with Crippen LogP contribution in [0.25, 0.3) is 0 Å². The summed E-state index contributed by atoms with van der Waals surface area (Å²) in [4.78, 5) is 2.60. The molecule has 0 aliphatic carbocycles. The molecule has 2 heteroatoms. The molecule has 1 aromatic carbocycles. The van der Waals surface area contributed by atoms with Gasteiger partial charge < -0.3 is 10.2 Å². The zero-order valence-corrected chi connectivity index (χ0v) is 14.3. The van der Waals surface area contributed by atoms with Crippen molar-refractivity contribution in [3.63, 3.8) is 0 Å². The Morgan fingerprint density at radius 3 is 2.76 bits per heavy atom. The summed E-state index contributed by atoms with van der Waals surface area (Å²) in [7, 11) is 0. The van der Waals surface area contributed by atoms with E-state index in [4.69, 9.17) is 0 Å². The molecule has 21 heavy (non-hydrogen) atoms. The number of hydrogen-bond donors (Lipinski definition) is 1. The van der Waals surface area contributed by atoms with Crippen molar-refractivity contribution in [3.05, 3.63) is 29.3 Å². The summed E-state index contributed by atoms with van der Waals surface area (Å²) >= 11 is 0. The van der Waals surface area contributed by atoms with Crippen molar-refractivity contribution in [1.29, 1.82) is 0 Å². The molecule has 0 aromatic heterocycles. The summed E-state index contributed by atoms with van der Waals surface area (Å²) in [5, 5.41) is 3.59. The molecule has 118 valence electrons. The van der Waals surface area contributed by atoms with Crippen LogP contribution in [0.5, 0.6) is 0 Å². The normalized spacial score (nSPS) is 17.4. The van der Waals surface area contributed by atoms with E-state index in [2.05, 4.69) is 56.1 Å². The maximum atomic E-state index is 3.59. The average Bonchev–Trinajstić information content (AvgIpc) is 2.52. The second-order valence-electron chi connectivity index (χ2n) is 6.63. The maximum Gasteiger partial charge on any atom is 0.0399 e. The molecule has 0 bridgehead atoms. The number of anilines is 1. The highest BCUT2D eigenvalue weighted by Gasteiger charge is 2.19. The second kappa shape index (κ2) is 7.84. The van der Waals surface area contributed by atoms with Crippen LogP contribution in [0.1, 0.15) is 64.1 Å². The molecule has 2 atom stereocenters. The van der Waals surface area contributed by atoms with Crippen LogP contribution in [0.15, 0.2) is 18.2 Å². The van der Waals surface area contributed by atoms with Gasteiger partial charge in [0.1, 0.15) is 0 Å². The summed E-state index contributed by atoms with van der Waals surface area (Å²) < 4.78 is 0. The van der Waals surface area contributed by atoms with Crippen molar-refractivity contribution < 1.29 is 0 Å². The highest BCUT2D eigenvalue weighted by atomic mass is 15.1. The van der Waals surface area contributed by atoms with Gasteiger partial charge in [-0.2, -0.15) is 0 Å². The second-order valence-corrected chi connectivity index (χ2v) is 6.63. The van der Waals surface area contributed by atoms with Gasteiger partial charge in [-0.15, -0.1) is 0 Å². The first-order chi connectivity index (χ1) is 10.2. The highest BCUT2D eigenvalue weighted by Crippen LogP contribution is 2.30. The molecule has 1 aromatic rings. The molecular formula is C19H32N2. The predicted octanol–water partition coefficient (Wildman–Crippen LogP) is 4.55. The van der Waals surface area contributed by atoms with Crippen LogP contribution < -0.4 is 10.2 Å².